The minimum atomic E-state index is -0.517. The molecule has 0 radical (unpaired) electrons. The molecular formula is C13H11N5O4. The number of rotatable bonds is 4. The summed E-state index contributed by atoms with van der Waals surface area (Å²) in [7, 11) is 0. The van der Waals surface area contributed by atoms with Crippen molar-refractivity contribution in [2.75, 3.05) is 13.2 Å². The highest BCUT2D eigenvalue weighted by Gasteiger charge is 2.24. The van der Waals surface area contributed by atoms with Crippen molar-refractivity contribution in [3.05, 3.63) is 23.8 Å². The molecule has 2 aromatic rings. The van der Waals surface area contributed by atoms with E-state index in [1.54, 1.807) is 0 Å². The molecule has 0 spiro atoms. The summed E-state index contributed by atoms with van der Waals surface area (Å²) < 4.78 is 10.6. The Hall–Kier alpha value is -2.90. The van der Waals surface area contributed by atoms with Gasteiger partial charge in [-0.25, -0.2) is 9.59 Å². The molecule has 112 valence electrons. The predicted octanol–water partition coefficient (Wildman–Crippen LogP) is 0.780. The number of aromatic nitrogens is 4. The minimum absolute atomic E-state index is 0.206. The third kappa shape index (κ3) is 2.90. The Morgan fingerprint density at radius 3 is 3.09 bits per heavy atom. The number of nitrogens with one attached hydrogen (secondary N) is 1. The van der Waals surface area contributed by atoms with Crippen LogP contribution in [-0.4, -0.2) is 52.0 Å². The Labute approximate surface area is 124 Å². The molecule has 2 heterocycles. The van der Waals surface area contributed by atoms with Gasteiger partial charge in [0, 0.05) is 12.0 Å². The van der Waals surface area contributed by atoms with Gasteiger partial charge < -0.3 is 9.47 Å². The van der Waals surface area contributed by atoms with Gasteiger partial charge in [0.1, 0.15) is 6.10 Å². The normalized spacial score (nSPS) is 17.0. The van der Waals surface area contributed by atoms with E-state index in [-0.39, 0.29) is 17.5 Å². The lowest BCUT2D eigenvalue weighted by Gasteiger charge is -2.12. The van der Waals surface area contributed by atoms with Gasteiger partial charge in [-0.15, -0.1) is 10.2 Å². The van der Waals surface area contributed by atoms with Crippen LogP contribution in [-0.2, 0) is 14.3 Å². The summed E-state index contributed by atoms with van der Waals surface area (Å²) in [6.07, 6.45) is 1.84. The van der Waals surface area contributed by atoms with Gasteiger partial charge in [0.05, 0.1) is 24.5 Å². The van der Waals surface area contributed by atoms with Crippen LogP contribution in [0.5, 0.6) is 0 Å². The molecule has 1 fully saturated rings. The van der Waals surface area contributed by atoms with Gasteiger partial charge >= 0.3 is 5.97 Å². The topological polar surface area (TPSA) is 119 Å². The number of tetrazole rings is 1. The molecule has 1 aliphatic rings. The number of aliphatic imine (C=N–C) groups is 1. The average Bonchev–Trinajstić information content (AvgIpc) is 3.21. The lowest BCUT2D eigenvalue weighted by molar-refractivity contribution is 0.0271. The summed E-state index contributed by atoms with van der Waals surface area (Å²) in [5.74, 6) is -0.311. The van der Waals surface area contributed by atoms with Crippen LogP contribution < -0.4 is 0 Å². The fourth-order valence-electron chi connectivity index (χ4n) is 2.11. The first-order chi connectivity index (χ1) is 10.8. The van der Waals surface area contributed by atoms with Crippen molar-refractivity contribution in [2.45, 2.75) is 12.5 Å². The molecule has 0 bridgehead atoms. The first-order valence-corrected chi connectivity index (χ1v) is 6.52. The smallest absolute Gasteiger partial charge is 0.339 e. The highest BCUT2D eigenvalue weighted by Crippen LogP contribution is 2.26. The van der Waals surface area contributed by atoms with Crippen LogP contribution in [0, 0.1) is 0 Å². The maximum absolute atomic E-state index is 12.3. The number of carbonyl (C=O) groups excluding carboxylic acids is 2. The van der Waals surface area contributed by atoms with Crippen molar-refractivity contribution in [2.24, 2.45) is 4.99 Å². The molecule has 0 aliphatic carbocycles. The lowest BCUT2D eigenvalue weighted by atomic mass is 10.1. The van der Waals surface area contributed by atoms with Gasteiger partial charge in [0.2, 0.25) is 11.9 Å². The molecular weight excluding hydrogens is 290 g/mol. The zero-order valence-corrected chi connectivity index (χ0v) is 11.4. The van der Waals surface area contributed by atoms with Gasteiger partial charge in [0.25, 0.3) is 0 Å². The minimum Gasteiger partial charge on any atom is -0.456 e. The number of hydrogen-bond acceptors (Lipinski definition) is 8. The third-order valence-corrected chi connectivity index (χ3v) is 3.15. The van der Waals surface area contributed by atoms with Gasteiger partial charge in [-0.3, -0.25) is 0 Å². The molecule has 9 nitrogen and oxygen atoms in total. The number of aromatic amines is 1. The van der Waals surface area contributed by atoms with Gasteiger partial charge in [-0.1, -0.05) is 0 Å². The fourth-order valence-corrected chi connectivity index (χ4v) is 2.11. The second-order valence-corrected chi connectivity index (χ2v) is 4.56. The molecule has 1 unspecified atom stereocenters. The summed E-state index contributed by atoms with van der Waals surface area (Å²) in [6, 6.07) is 4.51. The Bertz CT molecular complexity index is 718. The molecule has 1 aromatic heterocycles. The maximum atomic E-state index is 12.3. The van der Waals surface area contributed by atoms with E-state index in [0.717, 1.165) is 0 Å². The average molecular weight is 301 g/mol. The quantitative estimate of drug-likeness (QED) is 0.503. The number of esters is 1. The Morgan fingerprint density at radius 2 is 2.41 bits per heavy atom. The molecule has 1 atom stereocenters. The second kappa shape index (κ2) is 6.25. The van der Waals surface area contributed by atoms with Crippen molar-refractivity contribution in [1.82, 2.24) is 20.6 Å². The van der Waals surface area contributed by atoms with Crippen molar-refractivity contribution in [1.29, 1.82) is 0 Å². The van der Waals surface area contributed by atoms with Crippen molar-refractivity contribution < 1.29 is 19.1 Å². The van der Waals surface area contributed by atoms with Crippen molar-refractivity contribution >= 4 is 17.7 Å². The van der Waals surface area contributed by atoms with Gasteiger partial charge in [0.15, 0.2) is 0 Å². The maximum Gasteiger partial charge on any atom is 0.339 e. The Morgan fingerprint density at radius 1 is 1.50 bits per heavy atom. The Balaban J connectivity index is 1.95. The molecule has 1 aromatic carbocycles. The highest BCUT2D eigenvalue weighted by atomic mass is 16.6. The van der Waals surface area contributed by atoms with E-state index in [0.29, 0.717) is 30.9 Å². The number of carbonyl (C=O) groups is 1. The summed E-state index contributed by atoms with van der Waals surface area (Å²) in [6.45, 7) is 0.958. The first kappa shape index (κ1) is 14.1. The zero-order chi connectivity index (χ0) is 15.4. The van der Waals surface area contributed by atoms with Crippen molar-refractivity contribution in [3.8, 4) is 11.4 Å². The molecule has 1 N–H and O–H groups in total. The lowest BCUT2D eigenvalue weighted by Crippen LogP contribution is -2.18. The number of nitrogens with zero attached hydrogens (tertiary/aromatic N) is 4. The van der Waals surface area contributed by atoms with E-state index in [1.165, 1.54) is 24.3 Å². The van der Waals surface area contributed by atoms with Crippen LogP contribution in [0.4, 0.5) is 5.69 Å². The van der Waals surface area contributed by atoms with E-state index in [1.807, 2.05) is 0 Å². The van der Waals surface area contributed by atoms with Crippen molar-refractivity contribution in [3.63, 3.8) is 0 Å². The third-order valence-electron chi connectivity index (χ3n) is 3.15. The molecule has 1 saturated heterocycles. The summed E-state index contributed by atoms with van der Waals surface area (Å²) in [5.41, 5.74) is 0.961. The van der Waals surface area contributed by atoms with Crippen LogP contribution in [0.1, 0.15) is 16.8 Å². The summed E-state index contributed by atoms with van der Waals surface area (Å²) in [4.78, 5) is 26.2. The van der Waals surface area contributed by atoms with E-state index in [4.69, 9.17) is 9.47 Å². The van der Waals surface area contributed by atoms with Crippen LogP contribution >= 0.6 is 0 Å². The molecule has 0 amide bonds. The van der Waals surface area contributed by atoms with E-state index >= 15 is 0 Å². The SMILES string of the molecule is O=C=Nc1ccc(C(=O)OC2CCOC2)c(-c2nn[nH]n2)c1. The number of hydrogen-bond donors (Lipinski definition) is 1. The summed E-state index contributed by atoms with van der Waals surface area (Å²) >= 11 is 0. The molecule has 0 saturated carbocycles. The number of benzene rings is 1. The van der Waals surface area contributed by atoms with Crippen LogP contribution in [0.3, 0.4) is 0 Å². The monoisotopic (exact) mass is 301 g/mol. The number of ether oxygens (including phenoxy) is 2. The Kier molecular flexibility index (Phi) is 3.99. The predicted molar refractivity (Wildman–Crippen MR) is 72.0 cm³/mol. The first-order valence-electron chi connectivity index (χ1n) is 6.52. The highest BCUT2D eigenvalue weighted by molar-refractivity contribution is 5.97. The van der Waals surface area contributed by atoms with Gasteiger partial charge in [-0.2, -0.15) is 10.2 Å². The second-order valence-electron chi connectivity index (χ2n) is 4.56. The standard InChI is InChI=1S/C13H11N5O4/c19-7-14-8-1-2-10(11(5-8)12-15-17-18-16-12)13(20)22-9-3-4-21-6-9/h1-2,5,9H,3-4,6H2,(H,15,16,17,18). The van der Waals surface area contributed by atoms with E-state index < -0.39 is 5.97 Å². The number of H-pyrrole nitrogens is 1. The van der Waals surface area contributed by atoms with Crippen LogP contribution in [0.15, 0.2) is 23.2 Å². The van der Waals surface area contributed by atoms with Crippen LogP contribution in [0.25, 0.3) is 11.4 Å². The largest absolute Gasteiger partial charge is 0.456 e. The van der Waals surface area contributed by atoms with E-state index in [2.05, 4.69) is 25.6 Å². The van der Waals surface area contributed by atoms with E-state index in [9.17, 15) is 9.59 Å². The molecule has 1 aliphatic heterocycles. The number of isocyanates is 1. The molecule has 9 heteroatoms. The molecule has 22 heavy (non-hydrogen) atoms. The molecule has 3 rings (SSSR count). The van der Waals surface area contributed by atoms with Gasteiger partial charge in [-0.05, 0) is 23.4 Å². The zero-order valence-electron chi connectivity index (χ0n) is 11.4. The fraction of sp³-hybridized carbons (Fsp3) is 0.308. The van der Waals surface area contributed by atoms with Crippen LogP contribution in [0.2, 0.25) is 0 Å². The summed E-state index contributed by atoms with van der Waals surface area (Å²) in [5, 5.41) is 13.5.